The zero-order valence-corrected chi connectivity index (χ0v) is 14.3. The molecule has 1 spiro atoms. The van der Waals surface area contributed by atoms with Gasteiger partial charge in [-0.3, -0.25) is 19.7 Å². The van der Waals surface area contributed by atoms with Gasteiger partial charge in [0.25, 0.3) is 5.91 Å². The van der Waals surface area contributed by atoms with Crippen molar-refractivity contribution in [3.8, 4) is 5.75 Å². The molecule has 0 saturated carbocycles. The number of carbonyl (C=O) groups excluding carboxylic acids is 1. The van der Waals surface area contributed by atoms with Gasteiger partial charge in [-0.2, -0.15) is 0 Å². The molecule has 0 aromatic carbocycles. The molecule has 2 aromatic heterocycles. The molecule has 6 heteroatoms. The van der Waals surface area contributed by atoms with Crippen LogP contribution in [0.1, 0.15) is 16.8 Å². The van der Waals surface area contributed by atoms with E-state index in [1.165, 1.54) is 0 Å². The lowest BCUT2D eigenvalue weighted by molar-refractivity contribution is -0.00771. The number of pyridine rings is 2. The van der Waals surface area contributed by atoms with Crippen molar-refractivity contribution in [3.05, 3.63) is 54.6 Å². The summed E-state index contributed by atoms with van der Waals surface area (Å²) in [7, 11) is 2.15. The van der Waals surface area contributed by atoms with Crippen LogP contribution < -0.4 is 4.74 Å². The lowest BCUT2D eigenvalue weighted by Gasteiger charge is -2.52. The molecule has 4 heterocycles. The van der Waals surface area contributed by atoms with E-state index in [2.05, 4.69) is 21.9 Å². The molecule has 0 unspecified atom stereocenters. The van der Waals surface area contributed by atoms with Gasteiger partial charge in [-0.25, -0.2) is 0 Å². The minimum absolute atomic E-state index is 0.0940. The second kappa shape index (κ2) is 6.44. The van der Waals surface area contributed by atoms with Gasteiger partial charge in [-0.15, -0.1) is 0 Å². The average Bonchev–Trinajstić information content (AvgIpc) is 2.96. The number of hydrogen-bond acceptors (Lipinski definition) is 5. The molecule has 4 rings (SSSR count). The van der Waals surface area contributed by atoms with E-state index in [4.69, 9.17) is 4.74 Å². The van der Waals surface area contributed by atoms with E-state index in [0.717, 1.165) is 31.8 Å². The zero-order chi connectivity index (χ0) is 17.3. The van der Waals surface area contributed by atoms with Crippen molar-refractivity contribution in [1.29, 1.82) is 0 Å². The summed E-state index contributed by atoms with van der Waals surface area (Å²) in [6.07, 6.45) is 7.87. The molecule has 130 valence electrons. The molecule has 2 saturated heterocycles. The third kappa shape index (κ3) is 3.09. The van der Waals surface area contributed by atoms with Crippen molar-refractivity contribution in [3.63, 3.8) is 0 Å². The van der Waals surface area contributed by atoms with Gasteiger partial charge in [0.05, 0.1) is 18.3 Å². The molecule has 1 atom stereocenters. The molecule has 1 amide bonds. The highest BCUT2D eigenvalue weighted by atomic mass is 16.5. The van der Waals surface area contributed by atoms with Crippen LogP contribution in [0.4, 0.5) is 0 Å². The number of aromatic nitrogens is 2. The highest BCUT2D eigenvalue weighted by Gasteiger charge is 2.53. The second-order valence-electron chi connectivity index (χ2n) is 7.07. The molecule has 2 aromatic rings. The average molecular weight is 338 g/mol. The molecular weight excluding hydrogens is 316 g/mol. The number of likely N-dealkylation sites (tertiary alicyclic amines) is 2. The van der Waals surface area contributed by atoms with Crippen LogP contribution in [-0.4, -0.2) is 64.5 Å². The first-order valence-corrected chi connectivity index (χ1v) is 8.60. The minimum Gasteiger partial charge on any atom is -0.492 e. The van der Waals surface area contributed by atoms with Gasteiger partial charge < -0.3 is 9.64 Å². The molecule has 2 aliphatic heterocycles. The maximum atomic E-state index is 12.5. The first-order valence-electron chi connectivity index (χ1n) is 8.60. The van der Waals surface area contributed by atoms with Crippen LogP contribution >= 0.6 is 0 Å². The Balaban J connectivity index is 1.33. The minimum atomic E-state index is 0.0940. The fraction of sp³-hybridized carbons (Fsp3) is 0.421. The lowest BCUT2D eigenvalue weighted by Crippen LogP contribution is -2.68. The van der Waals surface area contributed by atoms with Crippen LogP contribution in [-0.2, 0) is 0 Å². The molecule has 2 aliphatic rings. The normalized spacial score (nSPS) is 22.0. The van der Waals surface area contributed by atoms with E-state index >= 15 is 0 Å². The largest absolute Gasteiger partial charge is 0.492 e. The Kier molecular flexibility index (Phi) is 4.13. The van der Waals surface area contributed by atoms with Gasteiger partial charge >= 0.3 is 0 Å². The summed E-state index contributed by atoms with van der Waals surface area (Å²) in [5, 5.41) is 0. The number of ether oxygens (including phenoxy) is 1. The molecular formula is C19H22N4O2. The van der Waals surface area contributed by atoms with Crippen LogP contribution in [0.15, 0.2) is 49.1 Å². The molecule has 0 N–H and O–H groups in total. The van der Waals surface area contributed by atoms with Crippen molar-refractivity contribution in [1.82, 2.24) is 19.8 Å². The third-order valence-electron chi connectivity index (χ3n) is 5.32. The summed E-state index contributed by atoms with van der Waals surface area (Å²) in [4.78, 5) is 24.9. The van der Waals surface area contributed by atoms with Crippen molar-refractivity contribution in [2.24, 2.45) is 5.92 Å². The summed E-state index contributed by atoms with van der Waals surface area (Å²) in [6, 6.07) is 7.36. The monoisotopic (exact) mass is 338 g/mol. The number of hydrogen-bond donors (Lipinski definition) is 0. The van der Waals surface area contributed by atoms with Gasteiger partial charge in [0.1, 0.15) is 5.75 Å². The van der Waals surface area contributed by atoms with Crippen LogP contribution in [0.5, 0.6) is 5.75 Å². The smallest absolute Gasteiger partial charge is 0.254 e. The predicted octanol–water partition coefficient (Wildman–Crippen LogP) is 1.70. The molecule has 2 fully saturated rings. The fourth-order valence-electron chi connectivity index (χ4n) is 3.95. The van der Waals surface area contributed by atoms with E-state index in [9.17, 15) is 4.79 Å². The Labute approximate surface area is 147 Å². The van der Waals surface area contributed by atoms with Crippen molar-refractivity contribution in [2.75, 3.05) is 33.3 Å². The lowest BCUT2D eigenvalue weighted by atomic mass is 9.84. The Bertz CT molecular complexity index is 732. The summed E-state index contributed by atoms with van der Waals surface area (Å²) >= 11 is 0. The maximum Gasteiger partial charge on any atom is 0.254 e. The molecule has 0 bridgehead atoms. The van der Waals surface area contributed by atoms with Gasteiger partial charge in [-0.05, 0) is 37.7 Å². The molecule has 25 heavy (non-hydrogen) atoms. The van der Waals surface area contributed by atoms with Crippen molar-refractivity contribution >= 4 is 5.91 Å². The SMILES string of the molecule is CN1C[C@@H](COc2cccnc2)CC12CN(C(=O)c1ccncc1)C2. The van der Waals surface area contributed by atoms with E-state index < -0.39 is 0 Å². The number of amides is 1. The van der Waals surface area contributed by atoms with Crippen molar-refractivity contribution in [2.45, 2.75) is 12.0 Å². The van der Waals surface area contributed by atoms with E-state index in [0.29, 0.717) is 18.1 Å². The standard InChI is InChI=1S/C19H22N4O2/c1-22-11-15(12-25-17-3-2-6-21-10-17)9-19(22)13-23(14-19)18(24)16-4-7-20-8-5-16/h2-8,10,15H,9,11-14H2,1H3/t15-/m0/s1. The fourth-order valence-corrected chi connectivity index (χ4v) is 3.95. The highest BCUT2D eigenvalue weighted by Crippen LogP contribution is 2.40. The first-order chi connectivity index (χ1) is 12.2. The van der Waals surface area contributed by atoms with E-state index in [1.54, 1.807) is 36.9 Å². The maximum absolute atomic E-state index is 12.5. The quantitative estimate of drug-likeness (QED) is 0.849. The summed E-state index contributed by atoms with van der Waals surface area (Å²) in [5.41, 5.74) is 0.813. The highest BCUT2D eigenvalue weighted by molar-refractivity contribution is 5.94. The Morgan fingerprint density at radius 3 is 2.76 bits per heavy atom. The Morgan fingerprint density at radius 1 is 1.24 bits per heavy atom. The third-order valence-corrected chi connectivity index (χ3v) is 5.32. The summed E-state index contributed by atoms with van der Waals surface area (Å²) < 4.78 is 5.87. The Morgan fingerprint density at radius 2 is 2.04 bits per heavy atom. The van der Waals surface area contributed by atoms with Gasteiger partial charge in [0.2, 0.25) is 0 Å². The number of likely N-dealkylation sites (N-methyl/N-ethyl adjacent to an activating group) is 1. The van der Waals surface area contributed by atoms with Crippen LogP contribution in [0, 0.1) is 5.92 Å². The summed E-state index contributed by atoms with van der Waals surface area (Å²) in [5.74, 6) is 1.38. The number of nitrogens with zero attached hydrogens (tertiary/aromatic N) is 4. The first kappa shape index (κ1) is 16.0. The van der Waals surface area contributed by atoms with Crippen LogP contribution in [0.3, 0.4) is 0 Å². The van der Waals surface area contributed by atoms with E-state index in [1.807, 2.05) is 17.0 Å². The topological polar surface area (TPSA) is 58.6 Å². The van der Waals surface area contributed by atoms with E-state index in [-0.39, 0.29) is 11.4 Å². The summed E-state index contributed by atoms with van der Waals surface area (Å²) in [6.45, 7) is 3.26. The second-order valence-corrected chi connectivity index (χ2v) is 7.07. The number of rotatable bonds is 4. The van der Waals surface area contributed by atoms with Gasteiger partial charge in [-0.1, -0.05) is 0 Å². The van der Waals surface area contributed by atoms with Gasteiger partial charge in [0, 0.05) is 49.7 Å². The molecule has 6 nitrogen and oxygen atoms in total. The Hall–Kier alpha value is -2.47. The number of carbonyl (C=O) groups is 1. The van der Waals surface area contributed by atoms with Crippen molar-refractivity contribution < 1.29 is 9.53 Å². The zero-order valence-electron chi connectivity index (χ0n) is 14.3. The predicted molar refractivity (Wildman–Crippen MR) is 93.3 cm³/mol. The van der Waals surface area contributed by atoms with Crippen LogP contribution in [0.25, 0.3) is 0 Å². The van der Waals surface area contributed by atoms with Gasteiger partial charge in [0.15, 0.2) is 0 Å². The molecule has 0 aliphatic carbocycles. The van der Waals surface area contributed by atoms with Crippen LogP contribution in [0.2, 0.25) is 0 Å². The molecule has 0 radical (unpaired) electrons.